The summed E-state index contributed by atoms with van der Waals surface area (Å²) >= 11 is 0. The van der Waals surface area contributed by atoms with Crippen LogP contribution in [0.4, 0.5) is 13.6 Å². The first kappa shape index (κ1) is 27.3. The zero-order valence-electron chi connectivity index (χ0n) is 20.2. The van der Waals surface area contributed by atoms with Gasteiger partial charge in [0, 0.05) is 31.8 Å². The number of carboxylic acid groups (broad SMARTS) is 1. The molecule has 2 aromatic carbocycles. The van der Waals surface area contributed by atoms with Crippen LogP contribution in [0.5, 0.6) is 0 Å². The lowest BCUT2D eigenvalue weighted by atomic mass is 10.0. The van der Waals surface area contributed by atoms with Crippen LogP contribution in [0.25, 0.3) is 0 Å². The molecule has 0 bridgehead atoms. The number of benzene rings is 2. The van der Waals surface area contributed by atoms with E-state index in [1.54, 1.807) is 15.9 Å². The Bertz CT molecular complexity index is 1020. The fourth-order valence-electron chi connectivity index (χ4n) is 3.99. The van der Waals surface area contributed by atoms with E-state index < -0.39 is 30.1 Å². The highest BCUT2D eigenvalue weighted by Gasteiger charge is 2.40. The zero-order chi connectivity index (χ0) is 26.1. The summed E-state index contributed by atoms with van der Waals surface area (Å²) in [6, 6.07) is 15.9. The van der Waals surface area contributed by atoms with Crippen LogP contribution in [0.3, 0.4) is 0 Å². The molecule has 9 heteroatoms. The molecule has 0 radical (unpaired) electrons. The van der Waals surface area contributed by atoms with Crippen molar-refractivity contribution in [1.82, 2.24) is 9.80 Å². The van der Waals surface area contributed by atoms with Gasteiger partial charge in [-0.1, -0.05) is 72.8 Å². The van der Waals surface area contributed by atoms with Crippen LogP contribution >= 0.6 is 0 Å². The van der Waals surface area contributed by atoms with Crippen molar-refractivity contribution in [1.29, 1.82) is 0 Å². The van der Waals surface area contributed by atoms with E-state index in [9.17, 15) is 23.5 Å². The Kier molecular flexibility index (Phi) is 9.55. The van der Waals surface area contributed by atoms with Gasteiger partial charge in [0.2, 0.25) is 0 Å². The smallest absolute Gasteiger partial charge is 0.332 e. The lowest BCUT2D eigenvalue weighted by Gasteiger charge is -2.23. The number of halogens is 2. The lowest BCUT2D eigenvalue weighted by molar-refractivity contribution is -0.149. The molecule has 1 saturated heterocycles. The number of aliphatic carboxylic acids is 1. The number of carbonyl (C=O) groups excluding carboxylic acids is 1. The highest BCUT2D eigenvalue weighted by Crippen LogP contribution is 2.32. The summed E-state index contributed by atoms with van der Waals surface area (Å²) in [5.41, 5.74) is 0.657. The maximum absolute atomic E-state index is 14.7. The molecule has 1 aliphatic rings. The Morgan fingerprint density at radius 3 is 2.42 bits per heavy atom. The molecule has 1 heterocycles. The average Bonchev–Trinajstić information content (AvgIpc) is 3.17. The van der Waals surface area contributed by atoms with Crippen molar-refractivity contribution in [3.8, 4) is 0 Å². The van der Waals surface area contributed by atoms with Gasteiger partial charge >= 0.3 is 17.9 Å². The molecule has 0 aliphatic carbocycles. The predicted octanol–water partition coefficient (Wildman–Crippen LogP) is 4.27. The maximum atomic E-state index is 14.7. The number of ether oxygens (including phenoxy) is 1. The van der Waals surface area contributed by atoms with Crippen LogP contribution in [0.15, 0.2) is 72.8 Å². The first-order valence-corrected chi connectivity index (χ1v) is 11.9. The van der Waals surface area contributed by atoms with Crippen molar-refractivity contribution in [3.63, 3.8) is 0 Å². The minimum atomic E-state index is -3.48. The van der Waals surface area contributed by atoms with Crippen molar-refractivity contribution < 1.29 is 33.3 Å². The number of carboxylic acids is 1. The highest BCUT2D eigenvalue weighted by atomic mass is 19.3. The van der Waals surface area contributed by atoms with Crippen molar-refractivity contribution in [2.75, 3.05) is 19.7 Å². The molecular formula is C27H32F2N2O5. The van der Waals surface area contributed by atoms with E-state index >= 15 is 0 Å². The summed E-state index contributed by atoms with van der Waals surface area (Å²) in [7, 11) is 0. The SMILES string of the molecule is CC(OCCCCN1C(=O)N(Cc2ccccc2)CC1C=CC(O)C(F)(F)c1ccccc1)C(=O)O. The van der Waals surface area contributed by atoms with Crippen molar-refractivity contribution in [2.45, 2.75) is 50.5 Å². The average molecular weight is 503 g/mol. The van der Waals surface area contributed by atoms with E-state index in [1.807, 2.05) is 30.3 Å². The molecule has 0 saturated carbocycles. The van der Waals surface area contributed by atoms with Crippen LogP contribution in [0.2, 0.25) is 0 Å². The quantitative estimate of drug-likeness (QED) is 0.315. The van der Waals surface area contributed by atoms with Crippen molar-refractivity contribution in [3.05, 3.63) is 83.9 Å². The first-order valence-electron chi connectivity index (χ1n) is 11.9. The Morgan fingerprint density at radius 1 is 1.14 bits per heavy atom. The number of hydrogen-bond donors (Lipinski definition) is 2. The summed E-state index contributed by atoms with van der Waals surface area (Å²) in [6.07, 6.45) is 0.638. The van der Waals surface area contributed by atoms with E-state index in [0.717, 1.165) is 11.6 Å². The van der Waals surface area contributed by atoms with Gasteiger partial charge in [-0.3, -0.25) is 0 Å². The standard InChI is InChI=1S/C27H32F2N2O5/c1-20(25(33)34)36-17-9-8-16-31-23(19-30(26(31)35)18-21-10-4-2-5-11-21)14-15-24(32)27(28,29)22-12-6-3-7-13-22/h2-7,10-15,20,23-24,32H,8-9,16-19H2,1H3,(H,33,34). The third-order valence-corrected chi connectivity index (χ3v) is 6.09. The summed E-state index contributed by atoms with van der Waals surface area (Å²) < 4.78 is 34.7. The normalized spacial score (nSPS) is 18.1. The number of aliphatic hydroxyl groups excluding tert-OH is 1. The topological polar surface area (TPSA) is 90.3 Å². The third kappa shape index (κ3) is 7.11. The molecule has 7 nitrogen and oxygen atoms in total. The Balaban J connectivity index is 1.67. The molecule has 194 valence electrons. The molecule has 3 atom stereocenters. The molecule has 2 amide bonds. The number of aliphatic hydroxyl groups is 1. The minimum absolute atomic E-state index is 0.224. The maximum Gasteiger partial charge on any atom is 0.332 e. The predicted molar refractivity (Wildman–Crippen MR) is 131 cm³/mol. The van der Waals surface area contributed by atoms with Crippen molar-refractivity contribution >= 4 is 12.0 Å². The lowest BCUT2D eigenvalue weighted by Crippen LogP contribution is -2.35. The van der Waals surface area contributed by atoms with Gasteiger partial charge in [-0.15, -0.1) is 0 Å². The van der Waals surface area contributed by atoms with E-state index in [2.05, 4.69) is 0 Å². The summed E-state index contributed by atoms with van der Waals surface area (Å²) in [5, 5.41) is 19.2. The molecule has 1 fully saturated rings. The molecule has 0 spiro atoms. The first-order chi connectivity index (χ1) is 17.2. The largest absolute Gasteiger partial charge is 0.479 e. The Labute approximate surface area is 209 Å². The molecule has 1 aliphatic heterocycles. The molecule has 2 N–H and O–H groups in total. The van der Waals surface area contributed by atoms with Crippen LogP contribution < -0.4 is 0 Å². The van der Waals surface area contributed by atoms with Gasteiger partial charge in [0.05, 0.1) is 6.04 Å². The summed E-state index contributed by atoms with van der Waals surface area (Å²) in [5.74, 6) is -4.52. The van der Waals surface area contributed by atoms with Crippen LogP contribution in [0, 0.1) is 0 Å². The number of nitrogens with zero attached hydrogens (tertiary/aromatic N) is 2. The summed E-state index contributed by atoms with van der Waals surface area (Å²) in [4.78, 5) is 27.2. The van der Waals surface area contributed by atoms with E-state index in [-0.39, 0.29) is 18.2 Å². The number of rotatable bonds is 13. The fourth-order valence-corrected chi connectivity index (χ4v) is 3.99. The van der Waals surface area contributed by atoms with Crippen LogP contribution in [-0.2, 0) is 22.0 Å². The fraction of sp³-hybridized carbons (Fsp3) is 0.407. The molecule has 36 heavy (non-hydrogen) atoms. The molecule has 3 rings (SSSR count). The monoisotopic (exact) mass is 502 g/mol. The van der Waals surface area contributed by atoms with Crippen molar-refractivity contribution in [2.24, 2.45) is 0 Å². The van der Waals surface area contributed by atoms with Gasteiger partial charge < -0.3 is 24.7 Å². The Morgan fingerprint density at radius 2 is 1.78 bits per heavy atom. The van der Waals surface area contributed by atoms with Gasteiger partial charge in [-0.05, 0) is 25.3 Å². The third-order valence-electron chi connectivity index (χ3n) is 6.09. The number of amides is 2. The zero-order valence-corrected chi connectivity index (χ0v) is 20.2. The number of unbranched alkanes of at least 4 members (excludes halogenated alkanes) is 1. The second-order valence-corrected chi connectivity index (χ2v) is 8.79. The molecule has 3 unspecified atom stereocenters. The molecular weight excluding hydrogens is 470 g/mol. The summed E-state index contributed by atoms with van der Waals surface area (Å²) in [6.45, 7) is 2.69. The highest BCUT2D eigenvalue weighted by molar-refractivity contribution is 5.77. The number of alkyl halides is 2. The second kappa shape index (κ2) is 12.6. The van der Waals surface area contributed by atoms with E-state index in [0.29, 0.717) is 32.5 Å². The number of carbonyl (C=O) groups is 2. The van der Waals surface area contributed by atoms with Crippen LogP contribution in [0.1, 0.15) is 30.9 Å². The van der Waals surface area contributed by atoms with Gasteiger partial charge in [-0.2, -0.15) is 8.78 Å². The van der Waals surface area contributed by atoms with Gasteiger partial charge in [-0.25, -0.2) is 9.59 Å². The minimum Gasteiger partial charge on any atom is -0.479 e. The number of urea groups is 1. The molecule has 2 aromatic rings. The van der Waals surface area contributed by atoms with E-state index in [4.69, 9.17) is 9.84 Å². The van der Waals surface area contributed by atoms with Gasteiger partial charge in [0.1, 0.15) is 6.10 Å². The second-order valence-electron chi connectivity index (χ2n) is 8.79. The van der Waals surface area contributed by atoms with Gasteiger partial charge in [0.25, 0.3) is 0 Å². The van der Waals surface area contributed by atoms with Gasteiger partial charge in [0.15, 0.2) is 6.10 Å². The number of hydrogen-bond acceptors (Lipinski definition) is 4. The van der Waals surface area contributed by atoms with Crippen LogP contribution in [-0.4, -0.2) is 70.0 Å². The van der Waals surface area contributed by atoms with E-state index in [1.165, 1.54) is 37.3 Å². The molecule has 0 aromatic heterocycles. The Hall–Kier alpha value is -3.30.